The van der Waals surface area contributed by atoms with Crippen LogP contribution in [0.5, 0.6) is 0 Å². The van der Waals surface area contributed by atoms with E-state index in [0.717, 1.165) is 0 Å². The van der Waals surface area contributed by atoms with Crippen molar-refractivity contribution in [1.82, 2.24) is 0 Å². The molecule has 0 heterocycles. The van der Waals surface area contributed by atoms with Crippen LogP contribution in [0.15, 0.2) is 0 Å². The van der Waals surface area contributed by atoms with Crippen molar-refractivity contribution in [2.75, 3.05) is 28.4 Å². The highest BCUT2D eigenvalue weighted by molar-refractivity contribution is 6.72. The lowest BCUT2D eigenvalue weighted by Crippen LogP contribution is -2.62. The molecule has 0 aromatic rings. The van der Waals surface area contributed by atoms with Crippen LogP contribution in [0.25, 0.3) is 0 Å². The normalized spacial score (nSPS) is 33.3. The van der Waals surface area contributed by atoms with Gasteiger partial charge in [0.05, 0.1) is 0 Å². The minimum Gasteiger partial charge on any atom is -0.398 e. The number of hydrogen-bond acceptors (Lipinski definition) is 4. The topological polar surface area (TPSA) is 36.9 Å². The Morgan fingerprint density at radius 2 is 1.17 bits per heavy atom. The fourth-order valence-corrected chi connectivity index (χ4v) is 10.0. The van der Waals surface area contributed by atoms with E-state index in [9.17, 15) is 4.11 Å². The van der Waals surface area contributed by atoms with E-state index in [4.69, 9.17) is 17.7 Å². The van der Waals surface area contributed by atoms with Crippen molar-refractivity contribution in [3.63, 3.8) is 0 Å². The molecule has 0 amide bonds. The first kappa shape index (κ1) is 16.3. The third kappa shape index (κ3) is 2.32. The Kier molecular flexibility index (Phi) is 5.13. The predicted molar refractivity (Wildman–Crippen MR) is 72.3 cm³/mol. The molecule has 18 heavy (non-hydrogen) atoms. The zero-order valence-corrected chi connectivity index (χ0v) is 14.3. The molecule has 0 bridgehead atoms. The second-order valence-electron chi connectivity index (χ2n) is 5.18. The van der Waals surface area contributed by atoms with E-state index >= 15 is 0 Å². The summed E-state index contributed by atoms with van der Waals surface area (Å²) in [5.41, 5.74) is -0.155. The standard InChI is InChI=1S/C11H25FO4Si2/c1-8-9(2)11(18(12,15-5)16-6)10(8)17(7,13-3)14-4/h8-11H,1-7H3. The maximum atomic E-state index is 14.8. The first-order valence-electron chi connectivity index (χ1n) is 6.20. The lowest BCUT2D eigenvalue weighted by Gasteiger charge is -2.55. The molecule has 1 fully saturated rings. The molecular weight excluding hydrogens is 271 g/mol. The summed E-state index contributed by atoms with van der Waals surface area (Å²) >= 11 is 0. The molecule has 4 nitrogen and oxygen atoms in total. The third-order valence-electron chi connectivity index (χ3n) is 4.72. The molecule has 0 aromatic heterocycles. The molecule has 0 saturated heterocycles. The van der Waals surface area contributed by atoms with E-state index in [1.165, 1.54) is 14.2 Å². The molecule has 0 aliphatic heterocycles. The minimum atomic E-state index is -3.65. The van der Waals surface area contributed by atoms with Gasteiger partial charge in [-0.15, -0.1) is 0 Å². The highest BCUT2D eigenvalue weighted by Gasteiger charge is 2.68. The average Bonchev–Trinajstić information content (AvgIpc) is 2.42. The van der Waals surface area contributed by atoms with Crippen molar-refractivity contribution in [2.24, 2.45) is 11.8 Å². The summed E-state index contributed by atoms with van der Waals surface area (Å²) in [5.74, 6) is 0.586. The smallest absolute Gasteiger partial charge is 0.398 e. The van der Waals surface area contributed by atoms with Crippen LogP contribution in [0.3, 0.4) is 0 Å². The predicted octanol–water partition coefficient (Wildman–Crippen LogP) is 2.58. The Morgan fingerprint density at radius 3 is 1.50 bits per heavy atom. The number of halogens is 1. The van der Waals surface area contributed by atoms with E-state index in [2.05, 4.69) is 6.92 Å². The molecule has 7 heteroatoms. The Hall–Kier alpha value is 0.204. The van der Waals surface area contributed by atoms with Crippen molar-refractivity contribution in [1.29, 1.82) is 0 Å². The van der Waals surface area contributed by atoms with E-state index in [-0.39, 0.29) is 17.0 Å². The second kappa shape index (κ2) is 5.68. The van der Waals surface area contributed by atoms with Crippen LogP contribution in [-0.4, -0.2) is 45.9 Å². The van der Waals surface area contributed by atoms with Crippen LogP contribution in [0.4, 0.5) is 4.11 Å². The van der Waals surface area contributed by atoms with Crippen LogP contribution in [-0.2, 0) is 17.7 Å². The molecule has 1 aliphatic carbocycles. The maximum absolute atomic E-state index is 14.8. The van der Waals surface area contributed by atoms with Gasteiger partial charge in [0.15, 0.2) is 0 Å². The van der Waals surface area contributed by atoms with Gasteiger partial charge in [-0.05, 0) is 18.4 Å². The summed E-state index contributed by atoms with van der Waals surface area (Å²) in [6.07, 6.45) is 0. The van der Waals surface area contributed by atoms with Gasteiger partial charge in [-0.25, -0.2) is 4.11 Å². The van der Waals surface area contributed by atoms with Gasteiger partial charge in [-0.3, -0.25) is 0 Å². The van der Waals surface area contributed by atoms with Gasteiger partial charge in [0.25, 0.3) is 0 Å². The zero-order chi connectivity index (χ0) is 14.1. The summed E-state index contributed by atoms with van der Waals surface area (Å²) in [6.45, 7) is 6.15. The van der Waals surface area contributed by atoms with Crippen LogP contribution in [0, 0.1) is 11.8 Å². The van der Waals surface area contributed by atoms with Gasteiger partial charge in [-0.1, -0.05) is 13.8 Å². The molecular formula is C11H25FO4Si2. The van der Waals surface area contributed by atoms with E-state index < -0.39 is 17.5 Å². The summed E-state index contributed by atoms with van der Waals surface area (Å²) < 4.78 is 36.1. The quantitative estimate of drug-likeness (QED) is 0.558. The van der Waals surface area contributed by atoms with Crippen molar-refractivity contribution in [3.8, 4) is 0 Å². The molecule has 108 valence electrons. The van der Waals surface area contributed by atoms with Gasteiger partial charge in [0.1, 0.15) is 0 Å². The number of rotatable bonds is 6. The first-order chi connectivity index (χ1) is 8.31. The highest BCUT2D eigenvalue weighted by Crippen LogP contribution is 2.63. The summed E-state index contributed by atoms with van der Waals surface area (Å²) in [4.78, 5) is 0. The SMILES string of the molecule is CO[Si](C)(OC)C1C(C)C(C)C1[Si](F)(OC)OC. The van der Waals surface area contributed by atoms with Crippen molar-refractivity contribution in [3.05, 3.63) is 0 Å². The molecule has 4 unspecified atom stereocenters. The fourth-order valence-electron chi connectivity index (χ4n) is 3.21. The lowest BCUT2D eigenvalue weighted by molar-refractivity contribution is 0.0779. The van der Waals surface area contributed by atoms with Gasteiger partial charge in [0.2, 0.25) is 0 Å². The largest absolute Gasteiger partial charge is 0.543 e. The zero-order valence-electron chi connectivity index (χ0n) is 12.3. The summed E-state index contributed by atoms with van der Waals surface area (Å²) in [6, 6.07) is 0. The second-order valence-corrected chi connectivity index (χ2v) is 11.3. The monoisotopic (exact) mass is 296 g/mol. The summed E-state index contributed by atoms with van der Waals surface area (Å²) in [5, 5.41) is 0. The molecule has 1 saturated carbocycles. The van der Waals surface area contributed by atoms with Gasteiger partial charge >= 0.3 is 17.5 Å². The van der Waals surface area contributed by atoms with Crippen molar-refractivity contribution in [2.45, 2.75) is 31.5 Å². The molecule has 4 atom stereocenters. The molecule has 1 rings (SSSR count). The lowest BCUT2D eigenvalue weighted by atomic mass is 9.75. The Morgan fingerprint density at radius 1 is 0.778 bits per heavy atom. The van der Waals surface area contributed by atoms with Crippen molar-refractivity contribution >= 4 is 17.5 Å². The molecule has 0 N–H and O–H groups in total. The van der Waals surface area contributed by atoms with Crippen molar-refractivity contribution < 1.29 is 21.8 Å². The fraction of sp³-hybridized carbons (Fsp3) is 1.00. The Labute approximate surface area is 111 Å². The van der Waals surface area contributed by atoms with Gasteiger partial charge in [0, 0.05) is 39.5 Å². The van der Waals surface area contributed by atoms with Crippen LogP contribution in [0.2, 0.25) is 17.6 Å². The van der Waals surface area contributed by atoms with E-state index in [0.29, 0.717) is 5.92 Å². The first-order valence-corrected chi connectivity index (χ1v) is 10.4. The highest BCUT2D eigenvalue weighted by atomic mass is 28.4. The molecule has 0 radical (unpaired) electrons. The minimum absolute atomic E-state index is 0.0686. The Bertz CT molecular complexity index is 256. The summed E-state index contributed by atoms with van der Waals surface area (Å²) in [7, 11) is 0.0256. The third-order valence-corrected chi connectivity index (χ3v) is 11.6. The van der Waals surface area contributed by atoms with Crippen LogP contribution < -0.4 is 0 Å². The Balaban J connectivity index is 3.04. The average molecular weight is 296 g/mol. The van der Waals surface area contributed by atoms with Crippen LogP contribution in [0.1, 0.15) is 13.8 Å². The molecule has 0 spiro atoms. The van der Waals surface area contributed by atoms with Crippen LogP contribution >= 0.6 is 0 Å². The molecule has 1 aliphatic rings. The van der Waals surface area contributed by atoms with E-state index in [1.54, 1.807) is 14.2 Å². The molecule has 0 aromatic carbocycles. The van der Waals surface area contributed by atoms with Gasteiger partial charge in [-0.2, -0.15) is 0 Å². The maximum Gasteiger partial charge on any atom is 0.543 e. The number of hydrogen-bond donors (Lipinski definition) is 0. The van der Waals surface area contributed by atoms with Gasteiger partial charge < -0.3 is 17.7 Å². The van der Waals surface area contributed by atoms with E-state index in [1.807, 2.05) is 13.5 Å².